The Morgan fingerprint density at radius 2 is 2.13 bits per heavy atom. The molecule has 1 saturated heterocycles. The van der Waals surface area contributed by atoms with E-state index in [0.717, 1.165) is 18.7 Å². The van der Waals surface area contributed by atoms with Crippen molar-refractivity contribution in [1.29, 1.82) is 0 Å². The maximum absolute atomic E-state index is 9.65. The van der Waals surface area contributed by atoms with Crippen molar-refractivity contribution < 1.29 is 14.9 Å². The largest absolute Gasteiger partial charge is 0.508 e. The van der Waals surface area contributed by atoms with E-state index < -0.39 is 6.10 Å². The SMILES string of the molecule is OC1=CC(=CN2CCOCC2)C(O)C=C1. The van der Waals surface area contributed by atoms with Crippen LogP contribution in [0.3, 0.4) is 0 Å². The zero-order valence-corrected chi connectivity index (χ0v) is 8.47. The first kappa shape index (κ1) is 10.3. The average Bonchev–Trinajstić information content (AvgIpc) is 2.25. The normalized spacial score (nSPS) is 29.4. The molecule has 0 amide bonds. The molecule has 0 aromatic rings. The van der Waals surface area contributed by atoms with Crippen LogP contribution in [0.5, 0.6) is 0 Å². The number of ether oxygens (including phenoxy) is 1. The van der Waals surface area contributed by atoms with Gasteiger partial charge in [0.05, 0.1) is 19.3 Å². The minimum atomic E-state index is -0.622. The summed E-state index contributed by atoms with van der Waals surface area (Å²) >= 11 is 0. The molecule has 2 rings (SSSR count). The molecule has 0 radical (unpaired) electrons. The number of aliphatic hydroxyl groups excluding tert-OH is 2. The fourth-order valence-electron chi connectivity index (χ4n) is 1.64. The molecule has 0 aromatic heterocycles. The van der Waals surface area contributed by atoms with Crippen molar-refractivity contribution in [3.63, 3.8) is 0 Å². The lowest BCUT2D eigenvalue weighted by Crippen LogP contribution is -2.33. The van der Waals surface area contributed by atoms with Crippen molar-refractivity contribution in [1.82, 2.24) is 4.90 Å². The summed E-state index contributed by atoms with van der Waals surface area (Å²) in [6.45, 7) is 3.08. The van der Waals surface area contributed by atoms with Gasteiger partial charge in [-0.2, -0.15) is 0 Å². The van der Waals surface area contributed by atoms with Crippen LogP contribution >= 0.6 is 0 Å². The van der Waals surface area contributed by atoms with Gasteiger partial charge in [-0.25, -0.2) is 0 Å². The van der Waals surface area contributed by atoms with Crippen molar-refractivity contribution in [2.45, 2.75) is 6.10 Å². The third-order valence-electron chi connectivity index (χ3n) is 2.48. The molecule has 4 nitrogen and oxygen atoms in total. The Morgan fingerprint density at radius 3 is 2.87 bits per heavy atom. The van der Waals surface area contributed by atoms with Crippen LogP contribution in [0, 0.1) is 0 Å². The second-order valence-electron chi connectivity index (χ2n) is 3.65. The molecule has 0 saturated carbocycles. The first-order chi connectivity index (χ1) is 7.25. The molecule has 1 atom stereocenters. The van der Waals surface area contributed by atoms with Crippen molar-refractivity contribution in [3.8, 4) is 0 Å². The Balaban J connectivity index is 2.07. The van der Waals surface area contributed by atoms with Crippen LogP contribution < -0.4 is 0 Å². The number of nitrogens with zero attached hydrogens (tertiary/aromatic N) is 1. The zero-order chi connectivity index (χ0) is 10.7. The molecule has 15 heavy (non-hydrogen) atoms. The molecule has 0 bridgehead atoms. The lowest BCUT2D eigenvalue weighted by molar-refractivity contribution is 0.0585. The van der Waals surface area contributed by atoms with E-state index in [1.165, 1.54) is 6.08 Å². The minimum Gasteiger partial charge on any atom is -0.508 e. The third kappa shape index (κ3) is 2.61. The molecule has 0 aromatic carbocycles. The van der Waals surface area contributed by atoms with Crippen LogP contribution in [-0.4, -0.2) is 47.5 Å². The summed E-state index contributed by atoms with van der Waals surface area (Å²) in [7, 11) is 0. The predicted octanol–water partition coefficient (Wildman–Crippen LogP) is 0.575. The quantitative estimate of drug-likeness (QED) is 0.663. The molecule has 82 valence electrons. The van der Waals surface area contributed by atoms with Crippen LogP contribution in [0.2, 0.25) is 0 Å². The Hall–Kier alpha value is -1.26. The highest BCUT2D eigenvalue weighted by atomic mass is 16.5. The molecular weight excluding hydrogens is 194 g/mol. The molecule has 2 aliphatic rings. The number of aliphatic hydroxyl groups is 2. The third-order valence-corrected chi connectivity index (χ3v) is 2.48. The fourth-order valence-corrected chi connectivity index (χ4v) is 1.64. The predicted molar refractivity (Wildman–Crippen MR) is 56.3 cm³/mol. The molecule has 1 fully saturated rings. The van der Waals surface area contributed by atoms with E-state index in [0.29, 0.717) is 13.2 Å². The molecule has 1 heterocycles. The summed E-state index contributed by atoms with van der Waals surface area (Å²) in [5.74, 6) is 0.180. The van der Waals surface area contributed by atoms with Gasteiger partial charge in [0.25, 0.3) is 0 Å². The number of rotatable bonds is 1. The molecule has 0 spiro atoms. The van der Waals surface area contributed by atoms with E-state index in [2.05, 4.69) is 4.90 Å². The zero-order valence-electron chi connectivity index (χ0n) is 8.47. The van der Waals surface area contributed by atoms with Gasteiger partial charge < -0.3 is 19.8 Å². The number of hydrogen-bond donors (Lipinski definition) is 2. The van der Waals surface area contributed by atoms with E-state index in [1.54, 1.807) is 12.2 Å². The van der Waals surface area contributed by atoms with Gasteiger partial charge in [0.2, 0.25) is 0 Å². The number of allylic oxidation sites excluding steroid dienone is 1. The summed E-state index contributed by atoms with van der Waals surface area (Å²) in [5, 5.41) is 19.0. The summed E-state index contributed by atoms with van der Waals surface area (Å²) < 4.78 is 5.22. The Morgan fingerprint density at radius 1 is 1.40 bits per heavy atom. The van der Waals surface area contributed by atoms with Gasteiger partial charge in [-0.15, -0.1) is 0 Å². The Labute approximate surface area is 88.8 Å². The van der Waals surface area contributed by atoms with Crippen LogP contribution in [0.1, 0.15) is 0 Å². The summed E-state index contributed by atoms with van der Waals surface area (Å²) in [5.41, 5.74) is 0.719. The molecule has 4 heteroatoms. The smallest absolute Gasteiger partial charge is 0.115 e. The standard InChI is InChI=1S/C11H15NO3/c13-10-1-2-11(14)9(7-10)8-12-3-5-15-6-4-12/h1-2,7-8,11,13-14H,3-6H2. The highest BCUT2D eigenvalue weighted by Crippen LogP contribution is 2.16. The van der Waals surface area contributed by atoms with Gasteiger partial charge in [0.15, 0.2) is 0 Å². The lowest BCUT2D eigenvalue weighted by Gasteiger charge is -2.27. The first-order valence-electron chi connectivity index (χ1n) is 5.06. The van der Waals surface area contributed by atoms with Gasteiger partial charge in [0.1, 0.15) is 5.76 Å². The van der Waals surface area contributed by atoms with E-state index in [1.807, 2.05) is 6.20 Å². The maximum Gasteiger partial charge on any atom is 0.115 e. The second-order valence-corrected chi connectivity index (χ2v) is 3.65. The van der Waals surface area contributed by atoms with Crippen molar-refractivity contribution in [3.05, 3.63) is 35.8 Å². The van der Waals surface area contributed by atoms with Gasteiger partial charge in [0, 0.05) is 24.9 Å². The molecule has 1 aliphatic heterocycles. The molecule has 1 aliphatic carbocycles. The fraction of sp³-hybridized carbons (Fsp3) is 0.455. The van der Waals surface area contributed by atoms with E-state index in [-0.39, 0.29) is 5.76 Å². The highest BCUT2D eigenvalue weighted by Gasteiger charge is 2.13. The van der Waals surface area contributed by atoms with Gasteiger partial charge in [-0.05, 0) is 18.2 Å². The van der Waals surface area contributed by atoms with Crippen LogP contribution in [0.15, 0.2) is 35.8 Å². The van der Waals surface area contributed by atoms with Crippen LogP contribution in [0.4, 0.5) is 0 Å². The first-order valence-corrected chi connectivity index (χ1v) is 5.06. The topological polar surface area (TPSA) is 52.9 Å². The molecular formula is C11H15NO3. The molecule has 1 unspecified atom stereocenters. The number of morpholine rings is 1. The van der Waals surface area contributed by atoms with E-state index in [4.69, 9.17) is 4.74 Å². The molecule has 2 N–H and O–H groups in total. The van der Waals surface area contributed by atoms with Crippen molar-refractivity contribution in [2.75, 3.05) is 26.3 Å². The van der Waals surface area contributed by atoms with Crippen molar-refractivity contribution >= 4 is 0 Å². The van der Waals surface area contributed by atoms with Gasteiger partial charge >= 0.3 is 0 Å². The number of hydrogen-bond acceptors (Lipinski definition) is 4. The van der Waals surface area contributed by atoms with Gasteiger partial charge in [-0.1, -0.05) is 0 Å². The maximum atomic E-state index is 9.65. The Bertz CT molecular complexity index is 314. The van der Waals surface area contributed by atoms with E-state index >= 15 is 0 Å². The minimum absolute atomic E-state index is 0.180. The second kappa shape index (κ2) is 4.51. The van der Waals surface area contributed by atoms with Crippen LogP contribution in [0.25, 0.3) is 0 Å². The Kier molecular flexibility index (Phi) is 3.08. The summed E-state index contributed by atoms with van der Waals surface area (Å²) in [4.78, 5) is 2.09. The van der Waals surface area contributed by atoms with Gasteiger partial charge in [-0.3, -0.25) is 0 Å². The summed E-state index contributed by atoms with van der Waals surface area (Å²) in [6.07, 6.45) is 5.92. The lowest BCUT2D eigenvalue weighted by atomic mass is 10.0. The van der Waals surface area contributed by atoms with E-state index in [9.17, 15) is 10.2 Å². The highest BCUT2D eigenvalue weighted by molar-refractivity contribution is 5.36. The van der Waals surface area contributed by atoms with Crippen LogP contribution in [-0.2, 0) is 4.74 Å². The summed E-state index contributed by atoms with van der Waals surface area (Å²) in [6, 6.07) is 0. The monoisotopic (exact) mass is 209 g/mol. The average molecular weight is 209 g/mol. The van der Waals surface area contributed by atoms with Crippen molar-refractivity contribution in [2.24, 2.45) is 0 Å².